The number of carbonyl (C=O) groups is 1. The highest BCUT2D eigenvalue weighted by molar-refractivity contribution is 5.84. The van der Waals surface area contributed by atoms with Crippen LogP contribution >= 0.6 is 0 Å². The van der Waals surface area contributed by atoms with Crippen molar-refractivity contribution in [2.45, 2.75) is 63.3 Å². The number of ether oxygens (including phenoxy) is 1. The Hall–Kier alpha value is -0.920. The Morgan fingerprint density at radius 3 is 2.25 bits per heavy atom. The van der Waals surface area contributed by atoms with Gasteiger partial charge in [0.05, 0.1) is 5.60 Å². The van der Waals surface area contributed by atoms with Gasteiger partial charge in [-0.15, -0.1) is 0 Å². The number of amides is 1. The highest BCUT2D eigenvalue weighted by Crippen LogP contribution is 2.36. The summed E-state index contributed by atoms with van der Waals surface area (Å²) in [5.41, 5.74) is -0.566. The molecule has 1 N–H and O–H groups in total. The Morgan fingerprint density at radius 1 is 1.25 bits per heavy atom. The van der Waals surface area contributed by atoms with Crippen LogP contribution in [0.3, 0.4) is 0 Å². The molecule has 0 saturated carbocycles. The van der Waals surface area contributed by atoms with E-state index in [-0.39, 0.29) is 19.4 Å². The lowest BCUT2D eigenvalue weighted by Gasteiger charge is -2.40. The summed E-state index contributed by atoms with van der Waals surface area (Å²) < 4.78 is 67.6. The second-order valence-corrected chi connectivity index (χ2v) is 4.97. The minimum atomic E-state index is -5.88. The third kappa shape index (κ3) is 3.39. The van der Waals surface area contributed by atoms with Crippen LogP contribution in [0.25, 0.3) is 0 Å². The monoisotopic (exact) mass is 303 g/mol. The van der Waals surface area contributed by atoms with E-state index in [9.17, 15) is 26.7 Å². The van der Waals surface area contributed by atoms with Crippen LogP contribution in [0.4, 0.5) is 22.0 Å². The van der Waals surface area contributed by atoms with Crippen LogP contribution in [0.1, 0.15) is 39.5 Å². The number of hydrogen-bond donors (Lipinski definition) is 1. The fourth-order valence-corrected chi connectivity index (χ4v) is 2.30. The lowest BCUT2D eigenvalue weighted by atomic mass is 9.86. The minimum absolute atomic E-state index is 0.224. The van der Waals surface area contributed by atoms with Crippen molar-refractivity contribution in [3.8, 4) is 0 Å². The molecule has 1 aliphatic heterocycles. The van der Waals surface area contributed by atoms with Crippen molar-refractivity contribution in [2.75, 3.05) is 6.61 Å². The maximum absolute atomic E-state index is 12.9. The molecule has 1 unspecified atom stereocenters. The van der Waals surface area contributed by atoms with E-state index < -0.39 is 29.6 Å². The zero-order valence-electron chi connectivity index (χ0n) is 11.3. The number of halogens is 5. The quantitative estimate of drug-likeness (QED) is 0.811. The van der Waals surface area contributed by atoms with Crippen molar-refractivity contribution in [2.24, 2.45) is 0 Å². The standard InChI is InChI=1S/C12H18F5NO2/c1-3-10(4-2)7-8(5-6-20-10)18-9(19)11(13,14)12(15,16)17/h8H,3-7H2,1-2H3,(H,18,19). The molecule has 1 aliphatic rings. The molecule has 1 saturated heterocycles. The number of alkyl halides is 5. The third-order valence-electron chi connectivity index (χ3n) is 3.76. The third-order valence-corrected chi connectivity index (χ3v) is 3.76. The van der Waals surface area contributed by atoms with Gasteiger partial charge in [-0.2, -0.15) is 22.0 Å². The molecule has 8 heteroatoms. The van der Waals surface area contributed by atoms with Crippen LogP contribution in [0.15, 0.2) is 0 Å². The van der Waals surface area contributed by atoms with Crippen molar-refractivity contribution < 1.29 is 31.5 Å². The van der Waals surface area contributed by atoms with Crippen molar-refractivity contribution >= 4 is 5.91 Å². The van der Waals surface area contributed by atoms with E-state index in [1.165, 1.54) is 0 Å². The first-order chi connectivity index (χ1) is 9.08. The van der Waals surface area contributed by atoms with Gasteiger partial charge in [-0.25, -0.2) is 0 Å². The molecular formula is C12H18F5NO2. The van der Waals surface area contributed by atoms with Gasteiger partial charge in [-0.1, -0.05) is 13.8 Å². The van der Waals surface area contributed by atoms with Gasteiger partial charge < -0.3 is 10.1 Å². The SMILES string of the molecule is CCC1(CC)CC(NC(=O)C(F)(F)C(F)(F)F)CCO1. The van der Waals surface area contributed by atoms with Gasteiger partial charge in [0.25, 0.3) is 0 Å². The highest BCUT2D eigenvalue weighted by Gasteiger charge is 2.63. The van der Waals surface area contributed by atoms with Gasteiger partial charge in [0, 0.05) is 12.6 Å². The predicted octanol–water partition coefficient (Wildman–Crippen LogP) is 3.04. The summed E-state index contributed by atoms with van der Waals surface area (Å²) >= 11 is 0. The Kier molecular flexibility index (Phi) is 4.99. The largest absolute Gasteiger partial charge is 0.463 e. The van der Waals surface area contributed by atoms with E-state index in [1.807, 2.05) is 13.8 Å². The van der Waals surface area contributed by atoms with E-state index in [0.717, 1.165) is 0 Å². The first kappa shape index (κ1) is 17.1. The maximum Gasteiger partial charge on any atom is 0.463 e. The lowest BCUT2D eigenvalue weighted by molar-refractivity contribution is -0.270. The van der Waals surface area contributed by atoms with E-state index >= 15 is 0 Å². The van der Waals surface area contributed by atoms with E-state index in [2.05, 4.69) is 0 Å². The fourth-order valence-electron chi connectivity index (χ4n) is 2.30. The molecule has 0 radical (unpaired) electrons. The van der Waals surface area contributed by atoms with E-state index in [1.54, 1.807) is 5.32 Å². The van der Waals surface area contributed by atoms with Crippen LogP contribution in [-0.2, 0) is 9.53 Å². The van der Waals surface area contributed by atoms with Crippen molar-refractivity contribution in [3.05, 3.63) is 0 Å². The number of carbonyl (C=O) groups excluding carboxylic acids is 1. The number of rotatable bonds is 4. The molecule has 0 aromatic rings. The lowest BCUT2D eigenvalue weighted by Crippen LogP contribution is -2.56. The summed E-state index contributed by atoms with van der Waals surface area (Å²) in [7, 11) is 0. The van der Waals surface area contributed by atoms with Gasteiger partial charge in [0.1, 0.15) is 0 Å². The number of hydrogen-bond acceptors (Lipinski definition) is 2. The highest BCUT2D eigenvalue weighted by atomic mass is 19.4. The molecule has 118 valence electrons. The number of nitrogens with one attached hydrogen (secondary N) is 1. The van der Waals surface area contributed by atoms with Gasteiger partial charge in [0.15, 0.2) is 0 Å². The Labute approximate surface area is 113 Å². The summed E-state index contributed by atoms with van der Waals surface area (Å²) in [6.45, 7) is 3.92. The van der Waals surface area contributed by atoms with Crippen molar-refractivity contribution in [1.82, 2.24) is 5.32 Å². The average molecular weight is 303 g/mol. The van der Waals surface area contributed by atoms with Gasteiger partial charge in [-0.05, 0) is 25.7 Å². The van der Waals surface area contributed by atoms with Gasteiger partial charge in [0.2, 0.25) is 0 Å². The first-order valence-electron chi connectivity index (χ1n) is 6.47. The Balaban J connectivity index is 2.72. The molecule has 0 aromatic heterocycles. The van der Waals surface area contributed by atoms with Gasteiger partial charge in [-0.3, -0.25) is 4.79 Å². The molecule has 1 amide bonds. The van der Waals surface area contributed by atoms with E-state index in [0.29, 0.717) is 12.8 Å². The summed E-state index contributed by atoms with van der Waals surface area (Å²) in [4.78, 5) is 11.1. The molecule has 0 aliphatic carbocycles. The van der Waals surface area contributed by atoms with E-state index in [4.69, 9.17) is 4.74 Å². The van der Waals surface area contributed by atoms with Crippen LogP contribution in [0.2, 0.25) is 0 Å². The maximum atomic E-state index is 12.9. The van der Waals surface area contributed by atoms with Gasteiger partial charge >= 0.3 is 18.0 Å². The molecule has 20 heavy (non-hydrogen) atoms. The van der Waals surface area contributed by atoms with Crippen LogP contribution in [0, 0.1) is 0 Å². The van der Waals surface area contributed by atoms with Crippen molar-refractivity contribution in [3.63, 3.8) is 0 Å². The minimum Gasteiger partial charge on any atom is -0.375 e. The summed E-state index contributed by atoms with van der Waals surface area (Å²) in [6, 6.07) is -0.732. The molecule has 3 nitrogen and oxygen atoms in total. The zero-order chi connectivity index (χ0) is 15.6. The molecule has 0 spiro atoms. The second-order valence-electron chi connectivity index (χ2n) is 4.97. The molecule has 1 fully saturated rings. The van der Waals surface area contributed by atoms with Crippen molar-refractivity contribution in [1.29, 1.82) is 0 Å². The molecule has 1 atom stereocenters. The van der Waals surface area contributed by atoms with Crippen LogP contribution in [0.5, 0.6) is 0 Å². The molecule has 1 rings (SSSR count). The predicted molar refractivity (Wildman–Crippen MR) is 61.4 cm³/mol. The molecular weight excluding hydrogens is 285 g/mol. The Morgan fingerprint density at radius 2 is 1.80 bits per heavy atom. The first-order valence-corrected chi connectivity index (χ1v) is 6.47. The topological polar surface area (TPSA) is 38.3 Å². The zero-order valence-corrected chi connectivity index (χ0v) is 11.3. The Bertz CT molecular complexity index is 352. The smallest absolute Gasteiger partial charge is 0.375 e. The normalized spacial score (nSPS) is 23.4. The summed E-state index contributed by atoms with van der Waals surface area (Å²) in [6.07, 6.45) is -4.22. The average Bonchev–Trinajstić information content (AvgIpc) is 2.37. The summed E-state index contributed by atoms with van der Waals surface area (Å²) in [5.74, 6) is -7.66. The fraction of sp³-hybridized carbons (Fsp3) is 0.917. The molecule has 1 heterocycles. The molecule has 0 aromatic carbocycles. The van der Waals surface area contributed by atoms with Crippen LogP contribution in [-0.4, -0.2) is 36.3 Å². The second kappa shape index (κ2) is 5.83. The molecule has 0 bridgehead atoms. The van der Waals surface area contributed by atoms with Crippen LogP contribution < -0.4 is 5.32 Å². The summed E-state index contributed by atoms with van der Waals surface area (Å²) in [5, 5.41) is 1.80.